The number of nitrogens with two attached hydrogens (primary N) is 1. The zero-order chi connectivity index (χ0) is 21.4. The Morgan fingerprint density at radius 1 is 1.24 bits per heavy atom. The number of carbonyl (C=O) groups is 1. The Hall–Kier alpha value is -2.72. The molecule has 2 aromatic rings. The number of carbonyl (C=O) groups excluding carboxylic acids is 3. The van der Waals surface area contributed by atoms with E-state index >= 15 is 0 Å². The number of aromatic nitrogens is 1. The van der Waals surface area contributed by atoms with E-state index < -0.39 is 5.41 Å². The molecular weight excluding hydrogens is 368 g/mol. The summed E-state index contributed by atoms with van der Waals surface area (Å²) in [6.45, 7) is 6.24. The van der Waals surface area contributed by atoms with Crippen molar-refractivity contribution in [2.24, 2.45) is 11.3 Å². The molecule has 0 unspecified atom stereocenters. The van der Waals surface area contributed by atoms with Gasteiger partial charge in [-0.15, -0.1) is 0 Å². The molecule has 1 aromatic carbocycles. The van der Waals surface area contributed by atoms with Crippen LogP contribution in [0.1, 0.15) is 58.1 Å². The van der Waals surface area contributed by atoms with E-state index in [-0.39, 0.29) is 6.15 Å². The number of aryl methyl sites for hydroxylation is 1. The van der Waals surface area contributed by atoms with Gasteiger partial charge in [0, 0.05) is 17.8 Å². The lowest BCUT2D eigenvalue weighted by atomic mass is 9.79. The van der Waals surface area contributed by atoms with Gasteiger partial charge in [0.15, 0.2) is 0 Å². The summed E-state index contributed by atoms with van der Waals surface area (Å²) in [5.41, 5.74) is 8.06. The molecule has 0 bridgehead atoms. The number of ether oxygens (including phenoxy) is 1. The zero-order valence-corrected chi connectivity index (χ0v) is 17.5. The van der Waals surface area contributed by atoms with Crippen LogP contribution in [0.4, 0.5) is 5.69 Å². The van der Waals surface area contributed by atoms with Crippen LogP contribution in [-0.2, 0) is 14.4 Å². The maximum atomic E-state index is 12.8. The number of ketones is 1. The first-order valence-corrected chi connectivity index (χ1v) is 10.1. The van der Waals surface area contributed by atoms with E-state index in [4.69, 9.17) is 20.1 Å². The Labute approximate surface area is 171 Å². The van der Waals surface area contributed by atoms with Gasteiger partial charge in [-0.05, 0) is 44.9 Å². The van der Waals surface area contributed by atoms with Crippen molar-refractivity contribution >= 4 is 28.5 Å². The van der Waals surface area contributed by atoms with E-state index in [2.05, 4.69) is 4.98 Å². The van der Waals surface area contributed by atoms with Crippen molar-refractivity contribution in [3.63, 3.8) is 0 Å². The third-order valence-electron chi connectivity index (χ3n) is 5.50. The fraction of sp³-hybridized carbons (Fsp3) is 0.522. The number of hydrogen-bond acceptors (Lipinski definition) is 6. The Balaban J connectivity index is 0.000000941. The summed E-state index contributed by atoms with van der Waals surface area (Å²) in [4.78, 5) is 33.6. The number of nitrogens with zero attached hydrogens (tertiary/aromatic N) is 1. The highest BCUT2D eigenvalue weighted by Gasteiger charge is 2.31. The maximum absolute atomic E-state index is 12.8. The molecular formula is C23H30N2O4. The molecule has 3 rings (SSSR count). The molecule has 156 valence electrons. The number of anilines is 1. The molecule has 1 aromatic heterocycles. The summed E-state index contributed by atoms with van der Waals surface area (Å²) >= 11 is 0. The van der Waals surface area contributed by atoms with Crippen molar-refractivity contribution in [2.75, 3.05) is 12.3 Å². The second kappa shape index (κ2) is 10.2. The number of pyridine rings is 1. The third kappa shape index (κ3) is 6.13. The van der Waals surface area contributed by atoms with E-state index in [0.717, 1.165) is 16.6 Å². The first-order chi connectivity index (χ1) is 13.8. The van der Waals surface area contributed by atoms with Crippen LogP contribution in [0.3, 0.4) is 0 Å². The number of benzene rings is 1. The lowest BCUT2D eigenvalue weighted by Crippen LogP contribution is -2.33. The van der Waals surface area contributed by atoms with Gasteiger partial charge in [-0.1, -0.05) is 38.2 Å². The number of hydrogen-bond donors (Lipinski definition) is 1. The summed E-state index contributed by atoms with van der Waals surface area (Å²) in [5.74, 6) is 1.55. The topological polar surface area (TPSA) is 99.3 Å². The van der Waals surface area contributed by atoms with Gasteiger partial charge in [-0.25, -0.2) is 0 Å². The molecule has 1 heterocycles. The first kappa shape index (κ1) is 22.6. The number of Topliss-reactive ketones (excluding diaryl/α,β-unsaturated/α-hetero) is 1. The molecule has 0 atom stereocenters. The summed E-state index contributed by atoms with van der Waals surface area (Å²) < 4.78 is 6.07. The Morgan fingerprint density at radius 3 is 2.55 bits per heavy atom. The van der Waals surface area contributed by atoms with E-state index in [0.29, 0.717) is 36.2 Å². The highest BCUT2D eigenvalue weighted by Crippen LogP contribution is 2.33. The van der Waals surface area contributed by atoms with Crippen LogP contribution in [0.2, 0.25) is 0 Å². The van der Waals surface area contributed by atoms with Crippen LogP contribution in [0.25, 0.3) is 10.9 Å². The fourth-order valence-corrected chi connectivity index (χ4v) is 3.81. The minimum Gasteiger partial charge on any atom is -0.492 e. The molecule has 6 heteroatoms. The molecule has 0 amide bonds. The first-order valence-electron chi connectivity index (χ1n) is 10.1. The van der Waals surface area contributed by atoms with Gasteiger partial charge < -0.3 is 10.5 Å². The smallest absolute Gasteiger partial charge is 0.373 e. The van der Waals surface area contributed by atoms with Crippen LogP contribution in [0.5, 0.6) is 5.75 Å². The molecule has 2 N–H and O–H groups in total. The van der Waals surface area contributed by atoms with Crippen molar-refractivity contribution in [1.29, 1.82) is 0 Å². The lowest BCUT2D eigenvalue weighted by Gasteiger charge is -2.28. The summed E-state index contributed by atoms with van der Waals surface area (Å²) in [7, 11) is 0. The van der Waals surface area contributed by atoms with Gasteiger partial charge >= 0.3 is 6.15 Å². The number of fused-ring (bicyclic) bond motifs is 1. The monoisotopic (exact) mass is 398 g/mol. The Bertz CT molecular complexity index is 880. The minimum atomic E-state index is -0.507. The molecule has 6 nitrogen and oxygen atoms in total. The quantitative estimate of drug-likeness (QED) is 0.770. The van der Waals surface area contributed by atoms with Gasteiger partial charge in [0.25, 0.3) is 0 Å². The molecule has 1 fully saturated rings. The minimum absolute atomic E-state index is 0.250. The van der Waals surface area contributed by atoms with Crippen LogP contribution >= 0.6 is 0 Å². The highest BCUT2D eigenvalue weighted by molar-refractivity contribution is 5.95. The van der Waals surface area contributed by atoms with Crippen LogP contribution < -0.4 is 10.5 Å². The standard InChI is InChI=1S/C22H30N2O2.CO2/c1-15-12-17(23)21-18(24-15)10-7-11-19(21)26-14-22(2,3)20(25)13-16-8-5-4-6-9-16;2-1-3/h7,10-12,16H,4-6,8-9,13-14H2,1-3H3,(H2,23,24);. The van der Waals surface area contributed by atoms with Crippen LogP contribution in [0.15, 0.2) is 24.3 Å². The second-order valence-corrected chi connectivity index (χ2v) is 8.39. The lowest BCUT2D eigenvalue weighted by molar-refractivity contribution is -0.191. The van der Waals surface area contributed by atoms with E-state index in [9.17, 15) is 4.79 Å². The average Bonchev–Trinajstić information content (AvgIpc) is 2.67. The SMILES string of the molecule is Cc1cc(N)c2c(OCC(C)(C)C(=O)CC3CCCCC3)cccc2n1.O=C=O. The predicted molar refractivity (Wildman–Crippen MR) is 111 cm³/mol. The predicted octanol–water partition coefficient (Wildman–Crippen LogP) is 4.49. The molecule has 0 aliphatic heterocycles. The normalized spacial score (nSPS) is 14.6. The van der Waals surface area contributed by atoms with Gasteiger partial charge in [0.1, 0.15) is 18.1 Å². The Morgan fingerprint density at radius 2 is 1.90 bits per heavy atom. The highest BCUT2D eigenvalue weighted by atomic mass is 16.5. The molecule has 0 spiro atoms. The largest absolute Gasteiger partial charge is 0.492 e. The molecule has 1 aliphatic rings. The van der Waals surface area contributed by atoms with Crippen molar-refractivity contribution in [3.8, 4) is 5.75 Å². The molecule has 1 saturated carbocycles. The van der Waals surface area contributed by atoms with E-state index in [1.165, 1.54) is 32.1 Å². The molecule has 29 heavy (non-hydrogen) atoms. The van der Waals surface area contributed by atoms with Crippen molar-refractivity contribution in [1.82, 2.24) is 4.98 Å². The fourth-order valence-electron chi connectivity index (χ4n) is 3.81. The van der Waals surface area contributed by atoms with E-state index in [1.54, 1.807) is 0 Å². The summed E-state index contributed by atoms with van der Waals surface area (Å²) in [6, 6.07) is 7.61. The maximum Gasteiger partial charge on any atom is 0.373 e. The molecule has 0 radical (unpaired) electrons. The van der Waals surface area contributed by atoms with Crippen LogP contribution in [0, 0.1) is 18.3 Å². The van der Waals surface area contributed by atoms with E-state index in [1.807, 2.05) is 45.0 Å². The van der Waals surface area contributed by atoms with Gasteiger partial charge in [-0.2, -0.15) is 9.59 Å². The summed E-state index contributed by atoms with van der Waals surface area (Å²) in [6.07, 6.45) is 7.14. The molecule has 1 aliphatic carbocycles. The van der Waals surface area contributed by atoms with Crippen molar-refractivity contribution < 1.29 is 19.1 Å². The van der Waals surface area contributed by atoms with Crippen molar-refractivity contribution in [2.45, 2.75) is 59.3 Å². The summed E-state index contributed by atoms with van der Waals surface area (Å²) in [5, 5.41) is 0.827. The third-order valence-corrected chi connectivity index (χ3v) is 5.50. The van der Waals surface area contributed by atoms with Crippen molar-refractivity contribution in [3.05, 3.63) is 30.0 Å². The second-order valence-electron chi connectivity index (χ2n) is 8.39. The van der Waals surface area contributed by atoms with Gasteiger partial charge in [-0.3, -0.25) is 9.78 Å². The number of nitrogen functional groups attached to an aromatic ring is 1. The zero-order valence-electron chi connectivity index (χ0n) is 17.5. The molecule has 0 saturated heterocycles. The average molecular weight is 399 g/mol. The van der Waals surface area contributed by atoms with Gasteiger partial charge in [0.2, 0.25) is 0 Å². The van der Waals surface area contributed by atoms with Crippen LogP contribution in [-0.4, -0.2) is 23.5 Å². The van der Waals surface area contributed by atoms with Gasteiger partial charge in [0.05, 0.1) is 16.3 Å². The Kier molecular flexibility index (Phi) is 7.91. The number of rotatable bonds is 6.